The Morgan fingerprint density at radius 1 is 1.42 bits per heavy atom. The molecular weight excluding hydrogens is 372 g/mol. The van der Waals surface area contributed by atoms with Crippen LogP contribution in [0, 0.1) is 28.1 Å². The maximum absolute atomic E-state index is 9.79. The van der Waals surface area contributed by atoms with Crippen molar-refractivity contribution in [2.45, 2.75) is 26.8 Å². The highest BCUT2D eigenvalue weighted by molar-refractivity contribution is 9.10. The Kier molecular flexibility index (Phi) is 6.94. The largest absolute Gasteiger partial charge is 0.503 e. The molecule has 0 aliphatic rings. The summed E-state index contributed by atoms with van der Waals surface area (Å²) in [5.41, 5.74) is 0.611. The zero-order valence-corrected chi connectivity index (χ0v) is 15.6. The zero-order chi connectivity index (χ0) is 18.3. The summed E-state index contributed by atoms with van der Waals surface area (Å²) < 4.78 is 5.50. The van der Waals surface area contributed by atoms with Crippen molar-refractivity contribution in [2.75, 3.05) is 13.7 Å². The number of methoxy groups -OCH3 is 1. The number of aliphatic imine (C=N–C) groups is 2. The number of hydrogen-bond acceptors (Lipinski definition) is 6. The van der Waals surface area contributed by atoms with E-state index in [-0.39, 0.29) is 22.6 Å². The summed E-state index contributed by atoms with van der Waals surface area (Å²) in [5.74, 6) is 0.261. The lowest BCUT2D eigenvalue weighted by atomic mass is 9.97. The molecule has 1 atom stereocenters. The van der Waals surface area contributed by atoms with Gasteiger partial charge in [-0.25, -0.2) is 0 Å². The van der Waals surface area contributed by atoms with Gasteiger partial charge >= 0.3 is 0 Å². The molecule has 0 fully saturated rings. The number of ether oxygens (including phenoxy) is 1. The highest BCUT2D eigenvalue weighted by atomic mass is 79.9. The van der Waals surface area contributed by atoms with E-state index in [4.69, 9.17) is 4.74 Å². The van der Waals surface area contributed by atoms with Crippen molar-refractivity contribution >= 4 is 27.9 Å². The van der Waals surface area contributed by atoms with Gasteiger partial charge in [-0.15, -0.1) is 0 Å². The minimum absolute atomic E-state index is 0.0177. The number of halogens is 1. The molecule has 24 heavy (non-hydrogen) atoms. The molecule has 0 saturated carbocycles. The third-order valence-corrected chi connectivity index (χ3v) is 3.47. The molecule has 7 heteroatoms. The van der Waals surface area contributed by atoms with Crippen LogP contribution in [0.2, 0.25) is 0 Å². The summed E-state index contributed by atoms with van der Waals surface area (Å²) in [4.78, 5) is 8.34. The van der Waals surface area contributed by atoms with Crippen LogP contribution in [0.4, 0.5) is 0 Å². The van der Waals surface area contributed by atoms with Gasteiger partial charge in [0.25, 0.3) is 0 Å². The Morgan fingerprint density at radius 3 is 2.58 bits per heavy atom. The smallest absolute Gasteiger partial charge is 0.187 e. The van der Waals surface area contributed by atoms with Crippen LogP contribution >= 0.6 is 15.9 Å². The van der Waals surface area contributed by atoms with E-state index >= 15 is 0 Å². The van der Waals surface area contributed by atoms with Crippen LogP contribution in [0.5, 0.6) is 11.5 Å². The first-order chi connectivity index (χ1) is 11.2. The first-order valence-corrected chi connectivity index (χ1v) is 7.95. The quantitative estimate of drug-likeness (QED) is 0.777. The van der Waals surface area contributed by atoms with Crippen molar-refractivity contribution in [3.63, 3.8) is 0 Å². The molecule has 0 aromatic heterocycles. The molecular formula is C17H19BrN4O2. The minimum Gasteiger partial charge on any atom is -0.503 e. The van der Waals surface area contributed by atoms with Gasteiger partial charge in [0.2, 0.25) is 0 Å². The molecule has 126 valence electrons. The fourth-order valence-electron chi connectivity index (χ4n) is 1.65. The Hall–Kier alpha value is -2.38. The highest BCUT2D eigenvalue weighted by Gasteiger charge is 2.16. The van der Waals surface area contributed by atoms with E-state index in [9.17, 15) is 15.6 Å². The molecule has 0 spiro atoms. The van der Waals surface area contributed by atoms with E-state index in [1.54, 1.807) is 12.1 Å². The molecule has 0 bridgehead atoms. The second-order valence-corrected chi connectivity index (χ2v) is 7.09. The number of hydrogen-bond donors (Lipinski definition) is 1. The van der Waals surface area contributed by atoms with Gasteiger partial charge in [-0.05, 0) is 39.0 Å². The number of aromatic hydroxyl groups is 1. The fraction of sp³-hybridized carbons (Fsp3) is 0.412. The normalized spacial score (nSPS) is 13.4. The standard InChI is InChI=1S/C17H19BrN4O2/c1-17(2,3)10-22-14(8-20)13(7-19)21-9-11-5-12(18)16(23)15(6-11)24-4/h5-6,9,13,23H,10H2,1-4H3. The summed E-state index contributed by atoms with van der Waals surface area (Å²) in [5, 5.41) is 28.3. The number of nitrogens with zero attached hydrogens (tertiary/aromatic N) is 4. The minimum atomic E-state index is -0.976. The molecule has 0 aliphatic carbocycles. The monoisotopic (exact) mass is 390 g/mol. The van der Waals surface area contributed by atoms with E-state index < -0.39 is 6.04 Å². The van der Waals surface area contributed by atoms with Crippen LogP contribution < -0.4 is 4.74 Å². The third-order valence-electron chi connectivity index (χ3n) is 2.86. The van der Waals surface area contributed by atoms with Gasteiger partial charge in [-0.1, -0.05) is 20.8 Å². The molecule has 0 heterocycles. The molecule has 1 aromatic carbocycles. The molecule has 1 N–H and O–H groups in total. The van der Waals surface area contributed by atoms with Crippen LogP contribution in [-0.4, -0.2) is 36.7 Å². The summed E-state index contributed by atoms with van der Waals surface area (Å²) in [6.07, 6.45) is 1.45. The van der Waals surface area contributed by atoms with Crippen molar-refractivity contribution in [1.29, 1.82) is 10.5 Å². The number of benzene rings is 1. The SMILES string of the molecule is COc1cc(C=NC(C#N)C(C#N)=NCC(C)(C)C)cc(Br)c1O. The predicted octanol–water partition coefficient (Wildman–Crippen LogP) is 3.49. The first kappa shape index (κ1) is 19.7. The van der Waals surface area contributed by atoms with E-state index in [1.165, 1.54) is 13.3 Å². The number of nitriles is 2. The highest BCUT2D eigenvalue weighted by Crippen LogP contribution is 2.34. The van der Waals surface area contributed by atoms with E-state index in [0.29, 0.717) is 16.6 Å². The van der Waals surface area contributed by atoms with Crippen LogP contribution in [0.15, 0.2) is 26.6 Å². The van der Waals surface area contributed by atoms with Crippen molar-refractivity contribution in [1.82, 2.24) is 0 Å². The van der Waals surface area contributed by atoms with Gasteiger partial charge in [-0.3, -0.25) is 9.98 Å². The lowest BCUT2D eigenvalue weighted by Gasteiger charge is -2.14. The topological polar surface area (TPSA) is 102 Å². The van der Waals surface area contributed by atoms with Gasteiger partial charge in [0.1, 0.15) is 6.07 Å². The molecule has 0 aliphatic heterocycles. The second kappa shape index (κ2) is 8.47. The molecule has 1 rings (SSSR count). The van der Waals surface area contributed by atoms with Crippen molar-refractivity contribution in [3.05, 3.63) is 22.2 Å². The van der Waals surface area contributed by atoms with Gasteiger partial charge in [-0.2, -0.15) is 10.5 Å². The van der Waals surface area contributed by atoms with E-state index in [0.717, 1.165) is 0 Å². The summed E-state index contributed by atoms with van der Waals surface area (Å²) in [6.45, 7) is 6.42. The van der Waals surface area contributed by atoms with Gasteiger partial charge in [0, 0.05) is 12.8 Å². The average molecular weight is 391 g/mol. The van der Waals surface area contributed by atoms with Crippen molar-refractivity contribution in [2.24, 2.45) is 15.4 Å². The van der Waals surface area contributed by atoms with Crippen LogP contribution in [0.3, 0.4) is 0 Å². The average Bonchev–Trinajstić information content (AvgIpc) is 2.52. The molecule has 0 saturated heterocycles. The number of rotatable bonds is 5. The van der Waals surface area contributed by atoms with Gasteiger partial charge < -0.3 is 9.84 Å². The molecule has 0 amide bonds. The first-order valence-electron chi connectivity index (χ1n) is 7.15. The lowest BCUT2D eigenvalue weighted by Crippen LogP contribution is -2.19. The van der Waals surface area contributed by atoms with Crippen LogP contribution in [-0.2, 0) is 0 Å². The van der Waals surface area contributed by atoms with E-state index in [2.05, 4.69) is 25.9 Å². The number of phenolic OH excluding ortho intramolecular Hbond substituents is 1. The van der Waals surface area contributed by atoms with Crippen molar-refractivity contribution in [3.8, 4) is 23.6 Å². The maximum atomic E-state index is 9.79. The fourth-order valence-corrected chi connectivity index (χ4v) is 2.11. The zero-order valence-electron chi connectivity index (χ0n) is 14.0. The third kappa shape index (κ3) is 5.68. The van der Waals surface area contributed by atoms with Crippen LogP contribution in [0.25, 0.3) is 0 Å². The molecule has 0 radical (unpaired) electrons. The lowest BCUT2D eigenvalue weighted by molar-refractivity contribution is 0.372. The van der Waals surface area contributed by atoms with Gasteiger partial charge in [0.05, 0.1) is 17.7 Å². The Bertz CT molecular complexity index is 737. The predicted molar refractivity (Wildman–Crippen MR) is 96.7 cm³/mol. The van der Waals surface area contributed by atoms with Crippen molar-refractivity contribution < 1.29 is 9.84 Å². The number of phenols is 1. The summed E-state index contributed by atoms with van der Waals surface area (Å²) >= 11 is 3.22. The maximum Gasteiger partial charge on any atom is 0.187 e. The van der Waals surface area contributed by atoms with Gasteiger partial charge in [0.15, 0.2) is 23.3 Å². The Balaban J connectivity index is 3.08. The Morgan fingerprint density at radius 2 is 2.08 bits per heavy atom. The van der Waals surface area contributed by atoms with E-state index in [1.807, 2.05) is 32.9 Å². The Labute approximate surface area is 150 Å². The summed E-state index contributed by atoms with van der Waals surface area (Å²) in [7, 11) is 1.44. The molecule has 1 unspecified atom stereocenters. The molecule has 6 nitrogen and oxygen atoms in total. The second-order valence-electron chi connectivity index (χ2n) is 6.24. The molecule has 1 aromatic rings. The van der Waals surface area contributed by atoms with Crippen LogP contribution in [0.1, 0.15) is 26.3 Å². The summed E-state index contributed by atoms with van der Waals surface area (Å²) in [6, 6.07) is 6.15.